The summed E-state index contributed by atoms with van der Waals surface area (Å²) in [7, 11) is 0. The Kier molecular flexibility index (Phi) is 2.39. The van der Waals surface area contributed by atoms with Gasteiger partial charge in [0.15, 0.2) is 0 Å². The summed E-state index contributed by atoms with van der Waals surface area (Å²) in [5, 5.41) is 12.0. The number of nitriles is 1. The Labute approximate surface area is 98.9 Å². The van der Waals surface area contributed by atoms with Crippen molar-refractivity contribution in [3.05, 3.63) is 41.3 Å². The summed E-state index contributed by atoms with van der Waals surface area (Å²) in [6.45, 7) is 1.71. The predicted molar refractivity (Wildman–Crippen MR) is 62.1 cm³/mol. The lowest BCUT2D eigenvalue weighted by Gasteiger charge is -2.08. The van der Waals surface area contributed by atoms with Crippen LogP contribution in [0.5, 0.6) is 0 Å². The van der Waals surface area contributed by atoms with E-state index in [9.17, 15) is 0 Å². The highest BCUT2D eigenvalue weighted by atomic mass is 16.4. The number of rotatable bonds is 1. The lowest BCUT2D eigenvalue weighted by molar-refractivity contribution is 0.483. The highest BCUT2D eigenvalue weighted by Gasteiger charge is 2.17. The van der Waals surface area contributed by atoms with Crippen LogP contribution in [0.3, 0.4) is 0 Å². The van der Waals surface area contributed by atoms with Crippen molar-refractivity contribution in [3.63, 3.8) is 0 Å². The van der Waals surface area contributed by atoms with Gasteiger partial charge in [-0.2, -0.15) is 5.26 Å². The van der Waals surface area contributed by atoms with Crippen LogP contribution >= 0.6 is 0 Å². The first kappa shape index (κ1) is 10.1. The Morgan fingerprint density at radius 3 is 2.82 bits per heavy atom. The largest absolute Gasteiger partial charge is 0.441 e. The standard InChI is InChI=1S/C13H11N3O/c14-7-9-1-3-10(4-2-9)13-16-11-8-15-6-5-12(11)17-13/h1-4,15H,5-6,8H2. The van der Waals surface area contributed by atoms with Crippen molar-refractivity contribution in [2.45, 2.75) is 13.0 Å². The number of aromatic nitrogens is 1. The van der Waals surface area contributed by atoms with Crippen molar-refractivity contribution in [2.75, 3.05) is 6.54 Å². The van der Waals surface area contributed by atoms with Crippen LogP contribution in [-0.2, 0) is 13.0 Å². The van der Waals surface area contributed by atoms with E-state index in [2.05, 4.69) is 16.4 Å². The summed E-state index contributed by atoms with van der Waals surface area (Å²) in [5.74, 6) is 1.62. The molecule has 0 amide bonds. The third-order valence-corrected chi connectivity index (χ3v) is 2.86. The lowest BCUT2D eigenvalue weighted by atomic mass is 10.1. The predicted octanol–water partition coefficient (Wildman–Crippen LogP) is 1.86. The first-order chi connectivity index (χ1) is 8.36. The van der Waals surface area contributed by atoms with Crippen molar-refractivity contribution in [1.29, 1.82) is 5.26 Å². The summed E-state index contributed by atoms with van der Waals surface area (Å²) in [6, 6.07) is 9.37. The quantitative estimate of drug-likeness (QED) is 0.804. The fraction of sp³-hybridized carbons (Fsp3) is 0.231. The number of oxazole rings is 1. The molecule has 0 saturated carbocycles. The van der Waals surface area contributed by atoms with Gasteiger partial charge in [0.1, 0.15) is 5.76 Å². The summed E-state index contributed by atoms with van der Waals surface area (Å²) >= 11 is 0. The molecule has 2 aromatic rings. The van der Waals surface area contributed by atoms with E-state index in [1.165, 1.54) is 0 Å². The molecule has 0 atom stereocenters. The highest BCUT2D eigenvalue weighted by molar-refractivity contribution is 5.55. The van der Waals surface area contributed by atoms with Crippen LogP contribution in [0.4, 0.5) is 0 Å². The monoisotopic (exact) mass is 225 g/mol. The average Bonchev–Trinajstić information content (AvgIpc) is 2.82. The maximum atomic E-state index is 8.73. The molecular formula is C13H11N3O. The van der Waals surface area contributed by atoms with Gasteiger partial charge in [0.25, 0.3) is 0 Å². The zero-order valence-electron chi connectivity index (χ0n) is 9.23. The van der Waals surface area contributed by atoms with Crippen LogP contribution < -0.4 is 5.32 Å². The Morgan fingerprint density at radius 2 is 2.12 bits per heavy atom. The fourth-order valence-corrected chi connectivity index (χ4v) is 1.94. The molecule has 1 aliphatic rings. The molecule has 3 rings (SSSR count). The molecule has 1 aliphatic heterocycles. The van der Waals surface area contributed by atoms with E-state index in [0.29, 0.717) is 11.5 Å². The number of nitrogens with one attached hydrogen (secondary N) is 1. The maximum absolute atomic E-state index is 8.73. The van der Waals surface area contributed by atoms with Crippen molar-refractivity contribution in [1.82, 2.24) is 10.3 Å². The zero-order valence-corrected chi connectivity index (χ0v) is 9.23. The second-order valence-corrected chi connectivity index (χ2v) is 4.00. The van der Waals surface area contributed by atoms with Gasteiger partial charge in [-0.3, -0.25) is 0 Å². The van der Waals surface area contributed by atoms with Gasteiger partial charge in [-0.25, -0.2) is 4.98 Å². The van der Waals surface area contributed by atoms with Gasteiger partial charge in [0.05, 0.1) is 17.3 Å². The van der Waals surface area contributed by atoms with Gasteiger partial charge >= 0.3 is 0 Å². The van der Waals surface area contributed by atoms with E-state index in [0.717, 1.165) is 36.5 Å². The topological polar surface area (TPSA) is 61.9 Å². The Balaban J connectivity index is 1.98. The summed E-state index contributed by atoms with van der Waals surface area (Å²) in [6.07, 6.45) is 0.888. The Hall–Kier alpha value is -2.12. The minimum absolute atomic E-state index is 0.642. The Bertz CT molecular complexity index is 554. The molecule has 1 N–H and O–H groups in total. The molecule has 0 radical (unpaired) electrons. The molecule has 1 aromatic heterocycles. The van der Waals surface area contributed by atoms with Crippen molar-refractivity contribution in [2.24, 2.45) is 0 Å². The molecule has 84 valence electrons. The smallest absolute Gasteiger partial charge is 0.226 e. The van der Waals surface area contributed by atoms with E-state index >= 15 is 0 Å². The third kappa shape index (κ3) is 1.81. The molecule has 0 fully saturated rings. The van der Waals surface area contributed by atoms with E-state index in [1.54, 1.807) is 12.1 Å². The van der Waals surface area contributed by atoms with Crippen molar-refractivity contribution < 1.29 is 4.42 Å². The minimum Gasteiger partial charge on any atom is -0.441 e. The van der Waals surface area contributed by atoms with Gasteiger partial charge in [-0.1, -0.05) is 0 Å². The Morgan fingerprint density at radius 1 is 1.29 bits per heavy atom. The van der Waals surface area contributed by atoms with Gasteiger partial charge < -0.3 is 9.73 Å². The van der Waals surface area contributed by atoms with E-state index in [1.807, 2.05) is 12.1 Å². The van der Waals surface area contributed by atoms with Crippen LogP contribution in [0, 0.1) is 11.3 Å². The molecule has 0 saturated heterocycles. The SMILES string of the molecule is N#Cc1ccc(-c2nc3c(o2)CCNC3)cc1. The molecular weight excluding hydrogens is 214 g/mol. The van der Waals surface area contributed by atoms with Crippen LogP contribution in [0.15, 0.2) is 28.7 Å². The van der Waals surface area contributed by atoms with E-state index < -0.39 is 0 Å². The number of hydrogen-bond acceptors (Lipinski definition) is 4. The van der Waals surface area contributed by atoms with Gasteiger partial charge in [0, 0.05) is 25.1 Å². The third-order valence-electron chi connectivity index (χ3n) is 2.86. The van der Waals surface area contributed by atoms with Crippen LogP contribution in [-0.4, -0.2) is 11.5 Å². The molecule has 0 spiro atoms. The molecule has 0 unspecified atom stereocenters. The van der Waals surface area contributed by atoms with Crippen LogP contribution in [0.2, 0.25) is 0 Å². The first-order valence-corrected chi connectivity index (χ1v) is 5.56. The summed E-state index contributed by atoms with van der Waals surface area (Å²) < 4.78 is 5.73. The van der Waals surface area contributed by atoms with Crippen molar-refractivity contribution in [3.8, 4) is 17.5 Å². The highest BCUT2D eigenvalue weighted by Crippen LogP contribution is 2.24. The number of fused-ring (bicyclic) bond motifs is 1. The first-order valence-electron chi connectivity index (χ1n) is 5.56. The molecule has 0 aliphatic carbocycles. The zero-order chi connectivity index (χ0) is 11.7. The van der Waals surface area contributed by atoms with Crippen LogP contribution in [0.25, 0.3) is 11.5 Å². The van der Waals surface area contributed by atoms with E-state index in [-0.39, 0.29) is 0 Å². The van der Waals surface area contributed by atoms with Crippen molar-refractivity contribution >= 4 is 0 Å². The van der Waals surface area contributed by atoms with Gasteiger partial charge in [-0.15, -0.1) is 0 Å². The van der Waals surface area contributed by atoms with Gasteiger partial charge in [-0.05, 0) is 24.3 Å². The normalized spacial score (nSPS) is 14.1. The molecule has 17 heavy (non-hydrogen) atoms. The number of benzene rings is 1. The van der Waals surface area contributed by atoms with Gasteiger partial charge in [0.2, 0.25) is 5.89 Å². The summed E-state index contributed by atoms with van der Waals surface area (Å²) in [5.41, 5.74) is 2.56. The molecule has 4 heteroatoms. The second kappa shape index (κ2) is 4.04. The number of nitrogens with zero attached hydrogens (tertiary/aromatic N) is 2. The molecule has 1 aromatic carbocycles. The summed E-state index contributed by atoms with van der Waals surface area (Å²) in [4.78, 5) is 4.46. The van der Waals surface area contributed by atoms with E-state index in [4.69, 9.17) is 9.68 Å². The average molecular weight is 225 g/mol. The molecule has 0 bridgehead atoms. The minimum atomic E-state index is 0.642. The number of hydrogen-bond donors (Lipinski definition) is 1. The lowest BCUT2D eigenvalue weighted by Crippen LogP contribution is -2.22. The second-order valence-electron chi connectivity index (χ2n) is 4.00. The fourth-order valence-electron chi connectivity index (χ4n) is 1.94. The molecule has 2 heterocycles. The maximum Gasteiger partial charge on any atom is 0.226 e. The van der Waals surface area contributed by atoms with Crippen LogP contribution in [0.1, 0.15) is 17.0 Å². The molecule has 4 nitrogen and oxygen atoms in total.